The number of Topliss-reactive ketones (excluding diaryl/α,β-unsaturated/α-hetero) is 1. The normalized spacial score (nSPS) is 17.9. The van der Waals surface area contributed by atoms with Crippen LogP contribution in [0.1, 0.15) is 22.7 Å². The van der Waals surface area contributed by atoms with Crippen LogP contribution in [0.15, 0.2) is 78.6 Å². The van der Waals surface area contributed by atoms with Gasteiger partial charge in [0.2, 0.25) is 0 Å². The Morgan fingerprint density at radius 1 is 1.03 bits per heavy atom. The molecule has 0 bridgehead atoms. The van der Waals surface area contributed by atoms with Gasteiger partial charge in [-0.3, -0.25) is 19.5 Å². The minimum atomic E-state index is -0.772. The molecule has 1 unspecified atom stereocenters. The molecule has 1 aliphatic rings. The van der Waals surface area contributed by atoms with E-state index in [2.05, 4.69) is 4.98 Å². The number of aryl methyl sites for hydroxylation is 1. The number of carbonyl (C=O) groups is 2. The maximum Gasteiger partial charge on any atom is 0.300 e. The summed E-state index contributed by atoms with van der Waals surface area (Å²) < 4.78 is 5.29. The molecule has 2 heterocycles. The number of aliphatic hydroxyl groups is 1. The highest BCUT2D eigenvalue weighted by Gasteiger charge is 2.47. The van der Waals surface area contributed by atoms with E-state index in [1.54, 1.807) is 36.4 Å². The van der Waals surface area contributed by atoms with Gasteiger partial charge >= 0.3 is 0 Å². The number of methoxy groups -OCH3 is 1. The van der Waals surface area contributed by atoms with Gasteiger partial charge in [-0.25, -0.2) is 0 Å². The molecular weight excluding hydrogens is 380 g/mol. The fourth-order valence-corrected chi connectivity index (χ4v) is 3.71. The van der Waals surface area contributed by atoms with Gasteiger partial charge in [-0.05, 0) is 42.3 Å². The Kier molecular flexibility index (Phi) is 5.06. The molecular formula is C24H20N2O4. The van der Waals surface area contributed by atoms with Gasteiger partial charge in [-0.15, -0.1) is 0 Å². The molecule has 0 radical (unpaired) electrons. The number of hydrogen-bond acceptors (Lipinski definition) is 5. The van der Waals surface area contributed by atoms with E-state index < -0.39 is 17.7 Å². The number of hydrogen-bond donors (Lipinski definition) is 1. The highest BCUT2D eigenvalue weighted by molar-refractivity contribution is 6.51. The minimum Gasteiger partial charge on any atom is -0.507 e. The van der Waals surface area contributed by atoms with Gasteiger partial charge in [-0.1, -0.05) is 30.3 Å². The number of carbonyl (C=O) groups excluding carboxylic acids is 2. The Balaban J connectivity index is 1.98. The average Bonchev–Trinajstić information content (AvgIpc) is 3.04. The van der Waals surface area contributed by atoms with Crippen molar-refractivity contribution in [2.45, 2.75) is 13.0 Å². The van der Waals surface area contributed by atoms with E-state index >= 15 is 0 Å². The van der Waals surface area contributed by atoms with Crippen LogP contribution in [0.5, 0.6) is 5.75 Å². The molecule has 0 saturated carbocycles. The molecule has 1 aliphatic heterocycles. The first kappa shape index (κ1) is 19.4. The van der Waals surface area contributed by atoms with Crippen molar-refractivity contribution in [2.75, 3.05) is 12.0 Å². The lowest BCUT2D eigenvalue weighted by atomic mass is 9.92. The summed E-state index contributed by atoms with van der Waals surface area (Å²) in [5.41, 5.74) is 2.64. The number of amides is 1. The number of nitrogens with zero attached hydrogens (tertiary/aromatic N) is 2. The van der Waals surface area contributed by atoms with Crippen molar-refractivity contribution < 1.29 is 19.4 Å². The average molecular weight is 400 g/mol. The molecule has 1 atom stereocenters. The molecule has 6 nitrogen and oxygen atoms in total. The van der Waals surface area contributed by atoms with Crippen molar-refractivity contribution in [3.05, 3.63) is 95.3 Å². The van der Waals surface area contributed by atoms with Gasteiger partial charge in [0.15, 0.2) is 0 Å². The summed E-state index contributed by atoms with van der Waals surface area (Å²) in [6.07, 6.45) is 3.05. The Labute approximate surface area is 174 Å². The zero-order valence-electron chi connectivity index (χ0n) is 16.6. The number of rotatable bonds is 4. The summed E-state index contributed by atoms with van der Waals surface area (Å²) in [7, 11) is 1.54. The molecule has 1 N–H and O–H groups in total. The molecule has 0 spiro atoms. The van der Waals surface area contributed by atoms with Crippen LogP contribution < -0.4 is 9.64 Å². The van der Waals surface area contributed by atoms with E-state index in [1.807, 2.05) is 31.2 Å². The second-order valence-corrected chi connectivity index (χ2v) is 6.96. The molecule has 1 saturated heterocycles. The third kappa shape index (κ3) is 3.22. The van der Waals surface area contributed by atoms with Crippen molar-refractivity contribution in [2.24, 2.45) is 0 Å². The van der Waals surface area contributed by atoms with E-state index in [9.17, 15) is 14.7 Å². The number of aliphatic hydroxyl groups excluding tert-OH is 1. The van der Waals surface area contributed by atoms with E-state index in [-0.39, 0.29) is 11.3 Å². The van der Waals surface area contributed by atoms with E-state index in [0.717, 1.165) is 11.1 Å². The molecule has 1 fully saturated rings. The van der Waals surface area contributed by atoms with Gasteiger partial charge in [0.1, 0.15) is 11.5 Å². The zero-order chi connectivity index (χ0) is 21.3. The summed E-state index contributed by atoms with van der Waals surface area (Å²) in [6, 6.07) is 16.9. The lowest BCUT2D eigenvalue weighted by Crippen LogP contribution is -2.29. The van der Waals surface area contributed by atoms with Gasteiger partial charge < -0.3 is 9.84 Å². The van der Waals surface area contributed by atoms with E-state index in [0.29, 0.717) is 17.0 Å². The fourth-order valence-electron chi connectivity index (χ4n) is 3.71. The Hall–Kier alpha value is -3.93. The van der Waals surface area contributed by atoms with Gasteiger partial charge in [0.05, 0.1) is 18.7 Å². The van der Waals surface area contributed by atoms with Gasteiger partial charge in [-0.2, -0.15) is 0 Å². The Bertz CT molecular complexity index is 1150. The number of aromatic nitrogens is 1. The molecule has 6 heteroatoms. The first-order valence-electron chi connectivity index (χ1n) is 9.44. The zero-order valence-corrected chi connectivity index (χ0v) is 16.6. The maximum atomic E-state index is 13.1. The molecule has 30 heavy (non-hydrogen) atoms. The predicted molar refractivity (Wildman–Crippen MR) is 113 cm³/mol. The standard InChI is InChI=1S/C24H20N2O4/c1-15-6-3-4-9-19(15)21-20(22(27)16-10-12-25-13-11-16)23(28)24(29)26(21)17-7-5-8-18(14-17)30-2/h3-14,21,27H,1-2H3/b22-20+. The largest absolute Gasteiger partial charge is 0.507 e. The number of pyridine rings is 1. The molecule has 1 aromatic heterocycles. The van der Waals surface area contributed by atoms with Crippen molar-refractivity contribution >= 4 is 23.1 Å². The third-order valence-corrected chi connectivity index (χ3v) is 5.21. The van der Waals surface area contributed by atoms with Crippen molar-refractivity contribution in [3.63, 3.8) is 0 Å². The summed E-state index contributed by atoms with van der Waals surface area (Å²) in [5, 5.41) is 11.0. The predicted octanol–water partition coefficient (Wildman–Crippen LogP) is 4.02. The SMILES string of the molecule is COc1cccc(N2C(=O)C(=O)/C(=C(/O)c3ccncc3)C2c2ccccc2C)c1. The Morgan fingerprint density at radius 3 is 2.47 bits per heavy atom. The highest BCUT2D eigenvalue weighted by atomic mass is 16.5. The molecule has 4 rings (SSSR count). The monoisotopic (exact) mass is 400 g/mol. The topological polar surface area (TPSA) is 79.7 Å². The van der Waals surface area contributed by atoms with Crippen LogP contribution in [0.4, 0.5) is 5.69 Å². The van der Waals surface area contributed by atoms with Gasteiger partial charge in [0, 0.05) is 29.7 Å². The molecule has 2 aromatic carbocycles. The summed E-state index contributed by atoms with van der Waals surface area (Å²) in [6.45, 7) is 1.91. The number of benzene rings is 2. The number of anilines is 1. The lowest BCUT2D eigenvalue weighted by molar-refractivity contribution is -0.132. The van der Waals surface area contributed by atoms with Crippen LogP contribution >= 0.6 is 0 Å². The van der Waals surface area contributed by atoms with E-state index in [1.165, 1.54) is 24.4 Å². The summed E-state index contributed by atoms with van der Waals surface area (Å²) in [5.74, 6) is -1.10. The van der Waals surface area contributed by atoms with Crippen LogP contribution in [0.2, 0.25) is 0 Å². The van der Waals surface area contributed by atoms with Crippen LogP contribution in [-0.2, 0) is 9.59 Å². The summed E-state index contributed by atoms with van der Waals surface area (Å²) >= 11 is 0. The Morgan fingerprint density at radius 2 is 1.77 bits per heavy atom. The smallest absolute Gasteiger partial charge is 0.300 e. The number of ether oxygens (including phenoxy) is 1. The van der Waals surface area contributed by atoms with Crippen molar-refractivity contribution in [3.8, 4) is 5.75 Å². The van der Waals surface area contributed by atoms with E-state index in [4.69, 9.17) is 4.74 Å². The van der Waals surface area contributed by atoms with Gasteiger partial charge in [0.25, 0.3) is 11.7 Å². The third-order valence-electron chi connectivity index (χ3n) is 5.21. The first-order valence-corrected chi connectivity index (χ1v) is 9.44. The van der Waals surface area contributed by atoms with Crippen LogP contribution in [0.25, 0.3) is 5.76 Å². The molecule has 0 aliphatic carbocycles. The maximum absolute atomic E-state index is 13.1. The van der Waals surface area contributed by atoms with Crippen LogP contribution in [-0.4, -0.2) is 28.9 Å². The quantitative estimate of drug-likeness (QED) is 0.406. The lowest BCUT2D eigenvalue weighted by Gasteiger charge is -2.26. The highest BCUT2D eigenvalue weighted by Crippen LogP contribution is 2.43. The second-order valence-electron chi connectivity index (χ2n) is 6.96. The molecule has 150 valence electrons. The minimum absolute atomic E-state index is 0.0447. The second kappa shape index (κ2) is 7.83. The van der Waals surface area contributed by atoms with Crippen molar-refractivity contribution in [1.82, 2.24) is 4.98 Å². The van der Waals surface area contributed by atoms with Crippen LogP contribution in [0, 0.1) is 6.92 Å². The van der Waals surface area contributed by atoms with Crippen LogP contribution in [0.3, 0.4) is 0 Å². The molecule has 3 aromatic rings. The first-order chi connectivity index (χ1) is 14.5. The fraction of sp³-hybridized carbons (Fsp3) is 0.125. The summed E-state index contributed by atoms with van der Waals surface area (Å²) in [4.78, 5) is 31.6. The molecule has 1 amide bonds. The van der Waals surface area contributed by atoms with Crippen molar-refractivity contribution in [1.29, 1.82) is 0 Å². The number of ketones is 1.